The van der Waals surface area contributed by atoms with Gasteiger partial charge in [0.1, 0.15) is 5.82 Å². The highest BCUT2D eigenvalue weighted by Crippen LogP contribution is 2.25. The van der Waals surface area contributed by atoms with Crippen molar-refractivity contribution in [2.75, 3.05) is 17.2 Å². The van der Waals surface area contributed by atoms with Crippen LogP contribution < -0.4 is 10.6 Å². The molecule has 0 aromatic heterocycles. The lowest BCUT2D eigenvalue weighted by atomic mass is 10.1. The maximum atomic E-state index is 13.9. The third kappa shape index (κ3) is 2.82. The largest absolute Gasteiger partial charge is 0.399 e. The first-order valence-corrected chi connectivity index (χ1v) is 6.95. The van der Waals surface area contributed by atoms with Crippen molar-refractivity contribution < 1.29 is 9.18 Å². The van der Waals surface area contributed by atoms with E-state index in [2.05, 4.69) is 15.9 Å². The van der Waals surface area contributed by atoms with Gasteiger partial charge in [-0.1, -0.05) is 12.1 Å². The Kier molecular flexibility index (Phi) is 4.39. The van der Waals surface area contributed by atoms with Gasteiger partial charge in [0.2, 0.25) is 0 Å². The molecule has 0 heterocycles. The average Bonchev–Trinajstić information content (AvgIpc) is 2.44. The molecule has 0 unspecified atom stereocenters. The molecule has 20 heavy (non-hydrogen) atoms. The number of rotatable bonds is 3. The lowest BCUT2D eigenvalue weighted by Crippen LogP contribution is -2.31. The van der Waals surface area contributed by atoms with Crippen LogP contribution in [0.4, 0.5) is 15.8 Å². The number of nitrogen functional groups attached to an aromatic ring is 1. The standard InChI is InChI=1S/C15H14BrFN2O/c1-2-19(14-6-4-3-5-13(14)17)15(20)11-9-10(18)7-8-12(11)16/h3-9H,2,18H2,1H3. The Morgan fingerprint density at radius 2 is 2.00 bits per heavy atom. The van der Waals surface area contributed by atoms with Crippen molar-refractivity contribution in [2.24, 2.45) is 0 Å². The quantitative estimate of drug-likeness (QED) is 0.865. The number of para-hydroxylation sites is 1. The van der Waals surface area contributed by atoms with Crippen molar-refractivity contribution in [2.45, 2.75) is 6.92 Å². The molecule has 2 N–H and O–H groups in total. The lowest BCUT2D eigenvalue weighted by Gasteiger charge is -2.22. The van der Waals surface area contributed by atoms with E-state index >= 15 is 0 Å². The van der Waals surface area contributed by atoms with Crippen LogP contribution in [0.3, 0.4) is 0 Å². The lowest BCUT2D eigenvalue weighted by molar-refractivity contribution is 0.0986. The van der Waals surface area contributed by atoms with Gasteiger partial charge in [-0.05, 0) is 53.2 Å². The molecule has 2 aromatic rings. The van der Waals surface area contributed by atoms with Gasteiger partial charge in [0.05, 0.1) is 11.3 Å². The van der Waals surface area contributed by atoms with Gasteiger partial charge in [0.25, 0.3) is 5.91 Å². The topological polar surface area (TPSA) is 46.3 Å². The van der Waals surface area contributed by atoms with E-state index in [-0.39, 0.29) is 11.6 Å². The van der Waals surface area contributed by atoms with Crippen molar-refractivity contribution in [3.63, 3.8) is 0 Å². The van der Waals surface area contributed by atoms with Crippen LogP contribution in [-0.4, -0.2) is 12.5 Å². The number of halogens is 2. The van der Waals surface area contributed by atoms with Crippen molar-refractivity contribution >= 4 is 33.2 Å². The Hall–Kier alpha value is -1.88. The molecule has 2 aromatic carbocycles. The summed E-state index contributed by atoms with van der Waals surface area (Å²) in [5.41, 5.74) is 6.87. The Balaban J connectivity index is 2.45. The van der Waals surface area contributed by atoms with Crippen LogP contribution in [0.1, 0.15) is 17.3 Å². The second kappa shape index (κ2) is 6.05. The van der Waals surface area contributed by atoms with E-state index < -0.39 is 5.82 Å². The first kappa shape index (κ1) is 14.5. The SMILES string of the molecule is CCN(C(=O)c1cc(N)ccc1Br)c1ccccc1F. The molecule has 1 amide bonds. The summed E-state index contributed by atoms with van der Waals surface area (Å²) in [6.07, 6.45) is 0. The number of hydrogen-bond acceptors (Lipinski definition) is 2. The zero-order chi connectivity index (χ0) is 14.7. The Morgan fingerprint density at radius 3 is 2.65 bits per heavy atom. The molecule has 0 saturated carbocycles. The summed E-state index contributed by atoms with van der Waals surface area (Å²) in [5.74, 6) is -0.723. The number of nitrogens with two attached hydrogens (primary N) is 1. The highest BCUT2D eigenvalue weighted by molar-refractivity contribution is 9.10. The molecule has 2 rings (SSSR count). The van der Waals surface area contributed by atoms with Crippen LogP contribution in [0.15, 0.2) is 46.9 Å². The molecule has 5 heteroatoms. The fourth-order valence-corrected chi connectivity index (χ4v) is 2.36. The molecule has 0 atom stereocenters. The van der Waals surface area contributed by atoms with Crippen LogP contribution in [0.5, 0.6) is 0 Å². The van der Waals surface area contributed by atoms with E-state index in [1.807, 2.05) is 0 Å². The number of hydrogen-bond donors (Lipinski definition) is 1. The third-order valence-electron chi connectivity index (χ3n) is 2.93. The number of amides is 1. The predicted octanol–water partition coefficient (Wildman–Crippen LogP) is 3.84. The van der Waals surface area contributed by atoms with Gasteiger partial charge in [-0.3, -0.25) is 4.79 Å². The van der Waals surface area contributed by atoms with Crippen molar-refractivity contribution in [1.82, 2.24) is 0 Å². The molecule has 0 spiro atoms. The van der Waals surface area contributed by atoms with E-state index in [0.29, 0.717) is 22.3 Å². The van der Waals surface area contributed by atoms with E-state index in [9.17, 15) is 9.18 Å². The van der Waals surface area contributed by atoms with Gasteiger partial charge in [-0.15, -0.1) is 0 Å². The number of anilines is 2. The van der Waals surface area contributed by atoms with Gasteiger partial charge >= 0.3 is 0 Å². The molecule has 3 nitrogen and oxygen atoms in total. The average molecular weight is 337 g/mol. The highest BCUT2D eigenvalue weighted by Gasteiger charge is 2.20. The fraction of sp³-hybridized carbons (Fsp3) is 0.133. The first-order valence-electron chi connectivity index (χ1n) is 6.16. The number of carbonyl (C=O) groups excluding carboxylic acids is 1. The number of nitrogens with zero attached hydrogens (tertiary/aromatic N) is 1. The van der Waals surface area contributed by atoms with E-state index in [1.54, 1.807) is 43.3 Å². The zero-order valence-electron chi connectivity index (χ0n) is 10.9. The minimum absolute atomic E-state index is 0.259. The minimum Gasteiger partial charge on any atom is -0.399 e. The van der Waals surface area contributed by atoms with Crippen LogP contribution in [0.25, 0.3) is 0 Å². The van der Waals surface area contributed by atoms with Gasteiger partial charge in [-0.2, -0.15) is 0 Å². The van der Waals surface area contributed by atoms with Gasteiger partial charge in [0, 0.05) is 16.7 Å². The molecular weight excluding hydrogens is 323 g/mol. The number of carbonyl (C=O) groups is 1. The maximum absolute atomic E-state index is 13.9. The molecule has 0 saturated heterocycles. The molecule has 0 bridgehead atoms. The summed E-state index contributed by atoms with van der Waals surface area (Å²) in [5, 5.41) is 0. The highest BCUT2D eigenvalue weighted by atomic mass is 79.9. The molecular formula is C15H14BrFN2O. The van der Waals surface area contributed by atoms with Crippen LogP contribution in [0.2, 0.25) is 0 Å². The van der Waals surface area contributed by atoms with Crippen LogP contribution >= 0.6 is 15.9 Å². The van der Waals surface area contributed by atoms with E-state index in [0.717, 1.165) is 0 Å². The summed E-state index contributed by atoms with van der Waals surface area (Å²) in [6, 6.07) is 11.2. The zero-order valence-corrected chi connectivity index (χ0v) is 12.5. The molecule has 0 fully saturated rings. The first-order chi connectivity index (χ1) is 9.54. The summed E-state index contributed by atoms with van der Waals surface area (Å²) in [4.78, 5) is 14.0. The van der Waals surface area contributed by atoms with Gasteiger partial charge < -0.3 is 10.6 Å². The molecule has 0 aliphatic carbocycles. The molecule has 0 aliphatic heterocycles. The monoisotopic (exact) mass is 336 g/mol. The van der Waals surface area contributed by atoms with E-state index in [1.165, 1.54) is 11.0 Å². The molecule has 0 aliphatic rings. The van der Waals surface area contributed by atoms with Crippen LogP contribution in [0, 0.1) is 5.82 Å². The van der Waals surface area contributed by atoms with Gasteiger partial charge in [-0.25, -0.2) is 4.39 Å². The van der Waals surface area contributed by atoms with Crippen molar-refractivity contribution in [3.05, 3.63) is 58.3 Å². The summed E-state index contributed by atoms with van der Waals surface area (Å²) in [7, 11) is 0. The van der Waals surface area contributed by atoms with Crippen LogP contribution in [-0.2, 0) is 0 Å². The second-order valence-corrected chi connectivity index (χ2v) is 5.09. The second-order valence-electron chi connectivity index (χ2n) is 4.24. The number of benzene rings is 2. The summed E-state index contributed by atoms with van der Waals surface area (Å²) < 4.78 is 14.5. The molecule has 0 radical (unpaired) electrons. The Labute approximate surface area is 125 Å². The summed E-state index contributed by atoms with van der Waals surface area (Å²) in [6.45, 7) is 2.16. The minimum atomic E-state index is -0.428. The smallest absolute Gasteiger partial charge is 0.259 e. The Morgan fingerprint density at radius 1 is 1.30 bits per heavy atom. The van der Waals surface area contributed by atoms with Gasteiger partial charge in [0.15, 0.2) is 0 Å². The Bertz CT molecular complexity index is 646. The summed E-state index contributed by atoms with van der Waals surface area (Å²) >= 11 is 3.32. The van der Waals surface area contributed by atoms with Crippen molar-refractivity contribution in [3.8, 4) is 0 Å². The fourth-order valence-electron chi connectivity index (χ4n) is 1.95. The van der Waals surface area contributed by atoms with E-state index in [4.69, 9.17) is 5.73 Å². The maximum Gasteiger partial charge on any atom is 0.259 e. The molecule has 104 valence electrons. The normalized spacial score (nSPS) is 10.3. The predicted molar refractivity (Wildman–Crippen MR) is 82.3 cm³/mol. The van der Waals surface area contributed by atoms with Crippen molar-refractivity contribution in [1.29, 1.82) is 0 Å². The third-order valence-corrected chi connectivity index (χ3v) is 3.62.